The second-order valence-electron chi connectivity index (χ2n) is 2.55. The zero-order valence-corrected chi connectivity index (χ0v) is 7.48. The van der Waals surface area contributed by atoms with Gasteiger partial charge in [0.15, 0.2) is 0 Å². The third kappa shape index (κ3) is 3.28. The Labute approximate surface area is 74.4 Å². The molecule has 0 fully saturated rings. The maximum absolute atomic E-state index is 10.9. The third-order valence-electron chi connectivity index (χ3n) is 1.39. The van der Waals surface area contributed by atoms with Gasteiger partial charge >= 0.3 is 73.6 Å². The number of ketones is 1. The van der Waals surface area contributed by atoms with Gasteiger partial charge < -0.3 is 0 Å². The summed E-state index contributed by atoms with van der Waals surface area (Å²) in [6, 6.07) is 0. The van der Waals surface area contributed by atoms with Crippen molar-refractivity contribution >= 4 is 32.2 Å². The molecule has 0 aromatic carbocycles. The summed E-state index contributed by atoms with van der Waals surface area (Å²) in [7, 11) is 5.31. The number of hydrogen-bond acceptors (Lipinski definition) is 2. The Kier molecular flexibility index (Phi) is 4.19. The fourth-order valence-electron chi connectivity index (χ4n) is 0.583. The number of hydrogen-bond donors (Lipinski definition) is 1. The Morgan fingerprint density at radius 3 is 2.42 bits per heavy atom. The summed E-state index contributed by atoms with van der Waals surface area (Å²) < 4.78 is 0. The predicted molar refractivity (Wildman–Crippen MR) is 57.4 cm³/mol. The van der Waals surface area contributed by atoms with E-state index in [4.69, 9.17) is 5.41 Å². The molecule has 12 heavy (non-hydrogen) atoms. The van der Waals surface area contributed by atoms with Crippen molar-refractivity contribution in [2.75, 3.05) is 0 Å². The van der Waals surface area contributed by atoms with Crippen LogP contribution in [0.4, 0.5) is 0 Å². The Bertz CT molecular complexity index is 279. The van der Waals surface area contributed by atoms with E-state index < -0.39 is 0 Å². The van der Waals surface area contributed by atoms with Crippen LogP contribution in [0.1, 0.15) is 6.92 Å². The first-order chi connectivity index (χ1) is 5.49. The van der Waals surface area contributed by atoms with E-state index in [0.717, 1.165) is 0 Å². The molecule has 0 atom stereocenters. The van der Waals surface area contributed by atoms with E-state index in [9.17, 15) is 4.79 Å². The van der Waals surface area contributed by atoms with Crippen LogP contribution in [0.25, 0.3) is 0 Å². The first-order valence-corrected chi connectivity index (χ1v) is 3.58. The van der Waals surface area contributed by atoms with Gasteiger partial charge in [-0.15, -0.1) is 0 Å². The molecule has 0 unspecified atom stereocenters. The molecule has 0 saturated heterocycles. The van der Waals surface area contributed by atoms with Crippen LogP contribution in [0.5, 0.6) is 0 Å². The molecule has 0 aromatic rings. The molecule has 0 aromatic heterocycles. The molecular weight excluding hydrogens is 148 g/mol. The average Bonchev–Trinajstić information content (AvgIpc) is 1.98. The van der Waals surface area contributed by atoms with E-state index in [1.54, 1.807) is 7.85 Å². The van der Waals surface area contributed by atoms with Crippen LogP contribution in [0.2, 0.25) is 0 Å². The van der Waals surface area contributed by atoms with Gasteiger partial charge in [-0.25, -0.2) is 0 Å². The van der Waals surface area contributed by atoms with Crippen molar-refractivity contribution in [1.29, 1.82) is 5.41 Å². The van der Waals surface area contributed by atoms with E-state index >= 15 is 0 Å². The van der Waals surface area contributed by atoms with Gasteiger partial charge in [-0.2, -0.15) is 0 Å². The normalized spacial score (nSPS) is 10.5. The summed E-state index contributed by atoms with van der Waals surface area (Å²) in [5, 5.41) is 8.03. The number of rotatable bonds is 4. The molecule has 0 aliphatic rings. The van der Waals surface area contributed by atoms with Gasteiger partial charge in [-0.3, -0.25) is 0 Å². The molecule has 0 heterocycles. The van der Waals surface area contributed by atoms with Gasteiger partial charge in [0.05, 0.1) is 0 Å². The van der Waals surface area contributed by atoms with Crippen molar-refractivity contribution in [3.8, 4) is 0 Å². The zero-order chi connectivity index (χ0) is 9.72. The molecule has 0 radical (unpaired) electrons. The van der Waals surface area contributed by atoms with E-state index in [0.29, 0.717) is 10.9 Å². The fourth-order valence-corrected chi connectivity index (χ4v) is 0.583. The third-order valence-corrected chi connectivity index (χ3v) is 1.39. The first kappa shape index (κ1) is 10.8. The van der Waals surface area contributed by atoms with Crippen LogP contribution < -0.4 is 0 Å². The number of Topliss-reactive ketones (excluding diaryl/α,β-unsaturated/α-hetero) is 1. The molecule has 0 rings (SSSR count). The Morgan fingerprint density at radius 1 is 1.67 bits per heavy atom. The average molecular weight is 159 g/mol. The van der Waals surface area contributed by atoms with Crippen LogP contribution in [0, 0.1) is 5.41 Å². The van der Waals surface area contributed by atoms with Crippen molar-refractivity contribution in [3.05, 3.63) is 24.3 Å². The van der Waals surface area contributed by atoms with Crippen molar-refractivity contribution in [3.63, 3.8) is 0 Å². The van der Waals surface area contributed by atoms with Gasteiger partial charge in [-0.1, -0.05) is 0 Å². The molecular formula is C8H11B2NO. The minimum absolute atomic E-state index is 0.0870. The fraction of sp³-hybridized carbons (Fsp3) is 0.125. The van der Waals surface area contributed by atoms with Crippen molar-refractivity contribution in [1.82, 2.24) is 0 Å². The number of nitrogens with one attached hydrogen (secondary N) is 1. The molecule has 0 amide bonds. The predicted octanol–water partition coefficient (Wildman–Crippen LogP) is -0.629. The van der Waals surface area contributed by atoms with E-state index in [2.05, 4.69) is 14.1 Å². The monoisotopic (exact) mass is 159 g/mol. The molecule has 4 heteroatoms. The van der Waals surface area contributed by atoms with Gasteiger partial charge in [0.25, 0.3) is 0 Å². The van der Waals surface area contributed by atoms with E-state index in [-0.39, 0.29) is 11.5 Å². The molecule has 0 aliphatic heterocycles. The van der Waals surface area contributed by atoms with Gasteiger partial charge in [-0.05, 0) is 0 Å². The number of carbonyl (C=O) groups is 1. The molecule has 0 bridgehead atoms. The van der Waals surface area contributed by atoms with E-state index in [1.807, 2.05) is 0 Å². The van der Waals surface area contributed by atoms with Crippen molar-refractivity contribution in [2.24, 2.45) is 0 Å². The Hall–Kier alpha value is -1.18. The summed E-state index contributed by atoms with van der Waals surface area (Å²) in [6.45, 7) is 4.92. The minimum atomic E-state index is -0.0870. The van der Waals surface area contributed by atoms with Crippen LogP contribution >= 0.6 is 0 Å². The second-order valence-corrected chi connectivity index (χ2v) is 2.55. The molecule has 2 nitrogen and oxygen atoms in total. The van der Waals surface area contributed by atoms with E-state index in [1.165, 1.54) is 19.1 Å². The summed E-state index contributed by atoms with van der Waals surface area (Å²) >= 11 is 0. The quantitative estimate of drug-likeness (QED) is 0.252. The Morgan fingerprint density at radius 2 is 2.17 bits per heavy atom. The molecule has 0 aliphatic carbocycles. The summed E-state index contributed by atoms with van der Waals surface area (Å²) in [5.41, 5.74) is 0.711. The summed E-state index contributed by atoms with van der Waals surface area (Å²) in [6.07, 6.45) is 2.91. The van der Waals surface area contributed by atoms with Crippen LogP contribution in [0.15, 0.2) is 24.3 Å². The van der Waals surface area contributed by atoms with Crippen LogP contribution in [0.3, 0.4) is 0 Å². The SMILES string of the molecule is B=C(B)C(=N)/C=C(\C=C)C(C)=O. The molecule has 1 N–H and O–H groups in total. The summed E-state index contributed by atoms with van der Waals surface area (Å²) in [5.74, 6) is -0.0870. The first-order valence-electron chi connectivity index (χ1n) is 3.58. The zero-order valence-electron chi connectivity index (χ0n) is 7.48. The van der Waals surface area contributed by atoms with Crippen molar-refractivity contribution < 1.29 is 4.79 Å². The second kappa shape index (κ2) is 4.65. The van der Waals surface area contributed by atoms with Crippen molar-refractivity contribution in [2.45, 2.75) is 6.92 Å². The standard InChI is InChI=1S/C8H11B2NO/c1-3-6(5(2)12)4-7(11)8(9)10/h3-4,9,11H,1,10H2,2H3/b6-4+,11-7?. The number of allylic oxidation sites excluding steroid dienone is 3. The topological polar surface area (TPSA) is 40.9 Å². The van der Waals surface area contributed by atoms with Crippen LogP contribution in [-0.2, 0) is 4.79 Å². The van der Waals surface area contributed by atoms with Crippen LogP contribution in [-0.4, -0.2) is 32.2 Å². The maximum atomic E-state index is 10.9. The van der Waals surface area contributed by atoms with Gasteiger partial charge in [0.2, 0.25) is 0 Å². The molecule has 60 valence electrons. The number of carbonyl (C=O) groups excluding carboxylic acids is 1. The summed E-state index contributed by atoms with van der Waals surface area (Å²) in [4.78, 5) is 10.9. The molecule has 0 saturated carbocycles. The molecule has 0 spiro atoms. The Balaban J connectivity index is 4.72. The van der Waals surface area contributed by atoms with Gasteiger partial charge in [0, 0.05) is 0 Å². The van der Waals surface area contributed by atoms with Gasteiger partial charge in [0.1, 0.15) is 0 Å².